The van der Waals surface area contributed by atoms with Crippen molar-refractivity contribution in [1.82, 2.24) is 14.5 Å². The average Bonchev–Trinajstić information content (AvgIpc) is 1.19. The Morgan fingerprint density at radius 3 is 1.37 bits per heavy atom. The van der Waals surface area contributed by atoms with E-state index >= 15 is 0 Å². The molecule has 0 saturated carbocycles. The third-order valence-corrected chi connectivity index (χ3v) is 22.7. The lowest BCUT2D eigenvalue weighted by molar-refractivity contribution is -0.249. The molecule has 10 aromatic rings. The Bertz CT molecular complexity index is 6070. The Labute approximate surface area is 697 Å². The van der Waals surface area contributed by atoms with Crippen molar-refractivity contribution in [2.45, 2.75) is 152 Å². The lowest BCUT2D eigenvalue weighted by atomic mass is 9.72. The number of hydrogen-bond donors (Lipinski definition) is 13. The number of carboxylic acid groups (broad SMARTS) is 1. The van der Waals surface area contributed by atoms with Gasteiger partial charge in [0.25, 0.3) is 5.91 Å². The highest BCUT2D eigenvalue weighted by Crippen LogP contribution is 2.52. The van der Waals surface area contributed by atoms with Crippen molar-refractivity contribution in [3.05, 3.63) is 231 Å². The van der Waals surface area contributed by atoms with E-state index in [0.29, 0.717) is 33.3 Å². The molecule has 644 valence electrons. The van der Waals surface area contributed by atoms with Crippen LogP contribution in [-0.2, 0) is 64.1 Å². The average molecular weight is 1700 g/mol. The first-order chi connectivity index (χ1) is 58.5. The summed E-state index contributed by atoms with van der Waals surface area (Å²) in [6, 6.07) is 29.9. The smallest absolute Gasteiger partial charge is 0.420 e. The van der Waals surface area contributed by atoms with Crippen LogP contribution in [0.5, 0.6) is 46.0 Å². The molecule has 6 aliphatic rings. The molecule has 4 aliphatic carbocycles. The maximum Gasteiger partial charge on any atom is 0.420 e. The van der Waals surface area contributed by atoms with Crippen LogP contribution in [0.25, 0.3) is 22.2 Å². The van der Waals surface area contributed by atoms with Crippen LogP contribution in [0, 0.1) is 13.8 Å². The van der Waals surface area contributed by atoms with E-state index in [2.05, 4.69) is 5.32 Å². The number of amides is 1. The number of aromatic hydroxyl groups is 4. The first-order valence-electron chi connectivity index (χ1n) is 38.9. The number of carbonyl (C=O) groups excluding carboxylic acids is 7. The summed E-state index contributed by atoms with van der Waals surface area (Å²) < 4.78 is 58.7. The predicted octanol–water partition coefficient (Wildman–Crippen LogP) is 4.92. The summed E-state index contributed by atoms with van der Waals surface area (Å²) in [5.41, 5.74) is 6.86. The van der Waals surface area contributed by atoms with E-state index in [1.807, 2.05) is 38.1 Å². The van der Waals surface area contributed by atoms with Crippen LogP contribution in [0.3, 0.4) is 0 Å². The molecule has 35 heteroatoms. The molecule has 35 nitrogen and oxygen atoms in total. The van der Waals surface area contributed by atoms with Gasteiger partial charge in [-0.25, -0.2) is 14.4 Å². The number of hydrogen-bond acceptors (Lipinski definition) is 31. The number of nitrogens with two attached hydrogens (primary N) is 1. The molecule has 2 aliphatic heterocycles. The molecule has 2 aromatic heterocycles. The topological polar surface area (TPSA) is 541 Å². The molecule has 1 amide bonds. The van der Waals surface area contributed by atoms with Gasteiger partial charge >= 0.3 is 17.5 Å². The highest BCUT2D eigenvalue weighted by atomic mass is 16.7. The van der Waals surface area contributed by atoms with Crippen molar-refractivity contribution in [3.63, 3.8) is 0 Å². The molecule has 14 N–H and O–H groups in total. The van der Waals surface area contributed by atoms with Gasteiger partial charge < -0.3 is 114 Å². The molecule has 2 fully saturated rings. The van der Waals surface area contributed by atoms with Gasteiger partial charge in [-0.15, -0.1) is 0 Å². The van der Waals surface area contributed by atoms with Gasteiger partial charge in [0.05, 0.1) is 97.2 Å². The summed E-state index contributed by atoms with van der Waals surface area (Å²) in [4.78, 5) is 128. The normalized spacial score (nSPS) is 23.0. The van der Waals surface area contributed by atoms with Gasteiger partial charge in [-0.05, 0) is 134 Å². The van der Waals surface area contributed by atoms with Crippen LogP contribution in [0.2, 0.25) is 0 Å². The van der Waals surface area contributed by atoms with Crippen LogP contribution < -0.4 is 41.5 Å². The summed E-state index contributed by atoms with van der Waals surface area (Å²) in [6.07, 6.45) is -10.2. The zero-order valence-electron chi connectivity index (χ0n) is 66.9. The monoisotopic (exact) mass is 1690 g/mol. The number of aliphatic hydroxyl groups is 6. The van der Waals surface area contributed by atoms with Crippen molar-refractivity contribution >= 4 is 68.8 Å². The Morgan fingerprint density at radius 1 is 0.528 bits per heavy atom. The number of carbonyl (C=O) groups is 8. The third kappa shape index (κ3) is 16.8. The Kier molecular flexibility index (Phi) is 24.4. The Balaban J connectivity index is 0.000000168. The van der Waals surface area contributed by atoms with Crippen molar-refractivity contribution in [2.75, 3.05) is 40.6 Å². The van der Waals surface area contributed by atoms with Crippen molar-refractivity contribution < 1.29 is 141 Å². The minimum Gasteiger partial charge on any atom is -0.507 e. The maximum atomic E-state index is 13.9. The van der Waals surface area contributed by atoms with Gasteiger partial charge in [-0.2, -0.15) is 0 Å². The van der Waals surface area contributed by atoms with E-state index in [1.54, 1.807) is 43.3 Å². The second-order valence-corrected chi connectivity index (χ2v) is 31.0. The molecular weight excluding hydrogens is 1610 g/mol. The number of aromatic nitrogens is 2. The number of Topliss-reactive ketones (excluding diaryl/α,β-unsaturated/α-hetero) is 2. The van der Waals surface area contributed by atoms with Crippen molar-refractivity contribution in [2.24, 2.45) is 5.73 Å². The number of oxazole rings is 2. The van der Waals surface area contributed by atoms with E-state index in [4.69, 9.17) is 57.6 Å². The molecule has 12 atom stereocenters. The second-order valence-electron chi connectivity index (χ2n) is 31.0. The fourth-order valence-electron chi connectivity index (χ4n) is 16.6. The van der Waals surface area contributed by atoms with Crippen molar-refractivity contribution in [1.29, 1.82) is 0 Å². The van der Waals surface area contributed by atoms with Crippen LogP contribution in [0.15, 0.2) is 140 Å². The molecular formula is C88H86N4O31. The van der Waals surface area contributed by atoms with E-state index < -0.39 is 181 Å². The van der Waals surface area contributed by atoms with Gasteiger partial charge in [0.15, 0.2) is 83.1 Å². The zero-order valence-corrected chi connectivity index (χ0v) is 66.9. The molecule has 1 unspecified atom stereocenters. The number of fused-ring (bicyclic) bond motifs is 8. The Hall–Kier alpha value is -12.8. The third-order valence-electron chi connectivity index (χ3n) is 22.7. The first kappa shape index (κ1) is 86.6. The minimum absolute atomic E-state index is 0.0103. The van der Waals surface area contributed by atoms with Crippen LogP contribution in [0.1, 0.15) is 160 Å². The number of methoxy groups -OCH3 is 2. The zero-order chi connectivity index (χ0) is 88.3. The SMILES string of the molecule is COc1cccc2c1C(=O)c1c(cc3c(c1O)[C@H](OC1C[C@@H](NC(=O)COc4ccc(Cn5c(=O)oc6ccc(C)cc65)cc4O)[C@@H](O)[C@@H](C)O1)C[C@@](O)(C(=O)CO)C3)C2=O.COc1cccc2c1C(=O)c1c(cc3c(c1O)[C@H](O[C@@H]1C[C@@H](N)[C@@H](O)[C@@H](C)O1)C[C@@](O)(C(=O)CO)C3)C2=O.Cc1ccc2oc(=O)n(Cc3ccc(OCC(=O)O)c(O)c3)c2c1. The number of aliphatic hydroxyl groups excluding tert-OH is 4. The predicted molar refractivity (Wildman–Crippen MR) is 428 cm³/mol. The standard InChI is InChI=1S/C44H42N2O15.C27H29NO10.C17H15NO6/c1-20-7-9-29-27(11-20)46(43(55)61-29)17-22-8-10-30(28(48)12-22)58-19-34(50)45-26-14-35(59-21(2)39(26)51)60-32-16-44(56,33(49)18-47)15-23-13-25-38(41(53)36(23)32)42(54)37-24(40(25)52)5-4-6-31(37)57-3;1-11-23(31)15(28)7-19(37-11)38-17-9-27(35,18(30)10-29)8-12-6-14-22(25(33)20(12)17)26(34)21-13(24(14)32)4-3-5-16(21)36-2;1-10-2-4-14-12(6-10)18(17(22)24-14)8-11-3-5-15(13(19)7-11)23-9-16(20)21/h4-13,21,26,32,35,39,47-48,51,53,56H,14-19H2,1-3H3,(H,45,50);3-6,11,15,17,19,23,29,31,33,35H,7-10,28H2,1-2H3;2-7,19H,8-9H2,1H3,(H,20,21)/t21-,26-,32-,35?,39+,44-;11-,15-,17-,19-,23+,27-;/m11./s1. The fourth-order valence-corrected chi connectivity index (χ4v) is 16.6. The van der Waals surface area contributed by atoms with Gasteiger partial charge in [-0.1, -0.05) is 48.5 Å². The number of phenols is 4. The number of phenolic OH excluding ortho intramolecular Hbond substituents is 4. The minimum atomic E-state index is -2.21. The quantitative estimate of drug-likeness (QED) is 0.0454. The molecule has 0 spiro atoms. The highest BCUT2D eigenvalue weighted by molar-refractivity contribution is 6.31. The summed E-state index contributed by atoms with van der Waals surface area (Å²) in [7, 11) is 2.70. The molecule has 0 bridgehead atoms. The van der Waals surface area contributed by atoms with Crippen LogP contribution in [-0.4, -0.2) is 213 Å². The van der Waals surface area contributed by atoms with Gasteiger partial charge in [0.1, 0.15) is 53.5 Å². The number of aryl methyl sites for hydroxylation is 2. The van der Waals surface area contributed by atoms with Gasteiger partial charge in [-0.3, -0.25) is 42.7 Å². The number of rotatable bonds is 21. The number of benzene rings is 8. The largest absolute Gasteiger partial charge is 0.507 e. The van der Waals surface area contributed by atoms with E-state index in [0.717, 1.165) is 11.1 Å². The molecule has 16 rings (SSSR count). The second kappa shape index (κ2) is 34.6. The summed E-state index contributed by atoms with van der Waals surface area (Å²) >= 11 is 0. The van der Waals surface area contributed by atoms with Crippen LogP contribution >= 0.6 is 0 Å². The number of ketones is 6. The molecule has 0 radical (unpaired) electrons. The van der Waals surface area contributed by atoms with E-state index in [9.17, 15) is 99.0 Å². The number of ether oxygens (including phenoxy) is 8. The van der Waals surface area contributed by atoms with Crippen LogP contribution in [0.4, 0.5) is 0 Å². The maximum absolute atomic E-state index is 13.9. The van der Waals surface area contributed by atoms with Gasteiger partial charge in [0.2, 0.25) is 11.6 Å². The summed E-state index contributed by atoms with van der Waals surface area (Å²) in [5.74, 6) is -8.35. The fraction of sp³-hybridized carbons (Fsp3) is 0.341. The number of carboxylic acids is 1. The lowest BCUT2D eigenvalue weighted by Gasteiger charge is -2.42. The lowest BCUT2D eigenvalue weighted by Crippen LogP contribution is -2.56. The first-order valence-corrected chi connectivity index (χ1v) is 38.9. The molecule has 123 heavy (non-hydrogen) atoms. The number of nitrogens with one attached hydrogen (secondary N) is 1. The molecule has 8 aromatic carbocycles. The molecule has 4 heterocycles. The van der Waals surface area contributed by atoms with Crippen molar-refractivity contribution in [3.8, 4) is 46.0 Å². The Morgan fingerprint density at radius 2 is 0.959 bits per heavy atom. The highest BCUT2D eigenvalue weighted by Gasteiger charge is 2.51. The van der Waals surface area contributed by atoms with E-state index in [-0.39, 0.29) is 140 Å². The summed E-state index contributed by atoms with van der Waals surface area (Å²) in [6.45, 7) is 4.18. The summed E-state index contributed by atoms with van der Waals surface area (Å²) in [5, 5.41) is 118. The van der Waals surface area contributed by atoms with E-state index in [1.165, 1.54) is 90.9 Å². The van der Waals surface area contributed by atoms with Gasteiger partial charge in [0, 0.05) is 77.9 Å². The number of aliphatic carboxylic acids is 1. The molecule has 2 saturated heterocycles. The number of nitrogens with zero attached hydrogens (tertiary/aromatic N) is 2.